The van der Waals surface area contributed by atoms with Gasteiger partial charge in [0.25, 0.3) is 0 Å². The molecule has 0 aliphatic carbocycles. The molecule has 12 heterocycles. The number of rotatable bonds is 8. The molecule has 652 valence electrons. The number of benzene rings is 12. The topological polar surface area (TPSA) is 103 Å². The number of hydrogen-bond donors (Lipinski definition) is 0. The Morgan fingerprint density at radius 1 is 0.205 bits per heavy atom. The minimum Gasteiger partial charge on any atom is -0.304 e. The van der Waals surface area contributed by atoms with Crippen LogP contribution in [-0.2, 0) is 80.4 Å². The van der Waals surface area contributed by atoms with E-state index in [1.165, 1.54) is 75.3 Å². The van der Waals surface area contributed by atoms with Gasteiger partial charge in [-0.2, -0.15) is 0 Å². The molecule has 0 amide bonds. The molecule has 12 aromatic carbocycles. The van der Waals surface area contributed by atoms with E-state index in [0.717, 1.165) is 118 Å². The van der Waals surface area contributed by atoms with Crippen molar-refractivity contribution in [1.82, 2.24) is 39.9 Å². The van der Waals surface area contributed by atoms with Crippen molar-refractivity contribution >= 4 is 126 Å². The van der Waals surface area contributed by atoms with Crippen LogP contribution in [0, 0.1) is 76.2 Å². The van der Waals surface area contributed by atoms with E-state index in [1.807, 2.05) is 312 Å². The van der Waals surface area contributed by atoms with Gasteiger partial charge >= 0.3 is 0 Å². The second-order valence-corrected chi connectivity index (χ2v) is 33.7. The predicted molar refractivity (Wildman–Crippen MR) is 539 cm³/mol. The zero-order valence-electron chi connectivity index (χ0n) is 71.8. The first-order chi connectivity index (χ1) is 63.1. The van der Waals surface area contributed by atoms with Crippen LogP contribution in [0.5, 0.6) is 0 Å². The molecule has 0 unspecified atom stereocenters. The predicted octanol–water partition coefficient (Wildman–Crippen LogP) is 31.1. The summed E-state index contributed by atoms with van der Waals surface area (Å²) in [6.07, 6.45) is 5.74. The number of thiophene rings is 4. The largest absolute Gasteiger partial charge is 0.304 e. The SMILES string of the molecule is Cc1cccc(-c2[c-]cccc2)n1.Cc1cccc(-c2[c-]cccc2)n1.Cc1cccc(-c2[c-]cccc2)n1.Cc1cccc(-c2[c-]cccc2)n1.[Ir].[Ir].[Ir].[Ir].[c-]1ccccc1-c1cc2c(cn1)sc1ccccc12.[c-]1ccccc1-c1ccc2sc3ccccc3c2n1.[c-]1ccccc1-c1nccc2c1sc1ccccc12.[c-]1ccccc1-c1nccc2sc3ccccc3c12. The summed E-state index contributed by atoms with van der Waals surface area (Å²) in [5.74, 6) is 0. The molecule has 24 aromatic rings. The summed E-state index contributed by atoms with van der Waals surface area (Å²) < 4.78 is 10.2. The van der Waals surface area contributed by atoms with Gasteiger partial charge in [-0.3, -0.25) is 4.98 Å². The average Bonchev–Trinajstić information content (AvgIpc) is 1.59. The summed E-state index contributed by atoms with van der Waals surface area (Å²) in [6.45, 7) is 7.97. The molecule has 8 nitrogen and oxygen atoms in total. The van der Waals surface area contributed by atoms with Gasteiger partial charge in [0.05, 0.1) is 14.9 Å². The maximum atomic E-state index is 4.81. The molecule has 0 saturated heterocycles. The Kier molecular flexibility index (Phi) is 35.6. The van der Waals surface area contributed by atoms with E-state index >= 15 is 0 Å². The van der Waals surface area contributed by atoms with Gasteiger partial charge in [0.2, 0.25) is 0 Å². The zero-order valence-corrected chi connectivity index (χ0v) is 84.7. The van der Waals surface area contributed by atoms with Gasteiger partial charge in [0, 0.05) is 161 Å². The van der Waals surface area contributed by atoms with Crippen LogP contribution in [0.4, 0.5) is 0 Å². The van der Waals surface area contributed by atoms with E-state index in [1.54, 1.807) is 34.0 Å². The number of aromatic nitrogens is 8. The molecule has 12 aromatic heterocycles. The van der Waals surface area contributed by atoms with Crippen molar-refractivity contribution in [2.24, 2.45) is 0 Å². The van der Waals surface area contributed by atoms with Crippen LogP contribution in [0.3, 0.4) is 0 Å². The first kappa shape index (κ1) is 96.9. The summed E-state index contributed by atoms with van der Waals surface area (Å²) in [5.41, 5.74) is 21.6. The summed E-state index contributed by atoms with van der Waals surface area (Å²) in [6, 6.07) is 158. The van der Waals surface area contributed by atoms with Crippen LogP contribution >= 0.6 is 45.3 Å². The molecule has 0 fully saturated rings. The van der Waals surface area contributed by atoms with Crippen LogP contribution in [0.15, 0.2) is 413 Å². The molecule has 0 spiro atoms. The molecule has 0 atom stereocenters. The third-order valence-electron chi connectivity index (χ3n) is 20.5. The first-order valence-corrected chi connectivity index (χ1v) is 45.0. The summed E-state index contributed by atoms with van der Waals surface area (Å²) in [5, 5.41) is 8.93. The van der Waals surface area contributed by atoms with E-state index in [4.69, 9.17) is 4.98 Å². The van der Waals surface area contributed by atoms with E-state index in [0.29, 0.717) is 0 Å². The van der Waals surface area contributed by atoms with Crippen molar-refractivity contribution in [1.29, 1.82) is 0 Å². The first-order valence-electron chi connectivity index (χ1n) is 41.7. The fraction of sp³-hybridized carbons (Fsp3) is 0.0345. The fourth-order valence-electron chi connectivity index (χ4n) is 14.4. The number of fused-ring (bicyclic) bond motifs is 12. The van der Waals surface area contributed by atoms with Crippen molar-refractivity contribution in [2.45, 2.75) is 27.7 Å². The normalized spacial score (nSPS) is 10.3. The standard InChI is InChI=1S/4C17H10NS.4C12H10N.4Ir/c1-2-6-12(7-3-1)15-10-14-13-8-4-5-9-16(13)19-17(14)11-18-15;1-2-6-12(7-3-1)16-17-14(10-11-18-16)13-8-4-5-9-15(13)19-17;1-2-6-12(7-3-1)14-10-11-16-17(18-14)13-8-4-5-9-15(13)19-16;1-2-6-12(7-3-1)17-16-13-8-4-5-9-14(13)19-15(16)10-11-18-17;4*1-10-6-5-9-12(13-10)11-7-3-2-4-8-11;;;;/h4*1-6,8-11H;4*2-7,9H,1H3;;;;/q8*-1;;;;. The van der Waals surface area contributed by atoms with Crippen LogP contribution in [0.1, 0.15) is 22.8 Å². The third kappa shape index (κ3) is 24.7. The Hall–Kier alpha value is -12.7. The number of aryl methyl sites for hydroxylation is 4. The molecule has 24 rings (SSSR count). The molecule has 0 aliphatic rings. The number of hydrogen-bond acceptors (Lipinski definition) is 12. The van der Waals surface area contributed by atoms with Crippen LogP contribution in [-0.4, -0.2) is 39.9 Å². The minimum absolute atomic E-state index is 0. The maximum Gasteiger partial charge on any atom is 0.0781 e. The molecule has 4 radical (unpaired) electrons. The average molecular weight is 2480 g/mol. The molecule has 0 bridgehead atoms. The molecule has 0 N–H and O–H groups in total. The van der Waals surface area contributed by atoms with E-state index < -0.39 is 0 Å². The molecule has 16 heteroatoms. The van der Waals surface area contributed by atoms with Gasteiger partial charge in [-0.25, -0.2) is 0 Å². The third-order valence-corrected chi connectivity index (χ3v) is 25.0. The van der Waals surface area contributed by atoms with Crippen LogP contribution in [0.25, 0.3) is 171 Å². The Balaban J connectivity index is 0.000000129. The van der Waals surface area contributed by atoms with Crippen molar-refractivity contribution in [2.75, 3.05) is 0 Å². The smallest absolute Gasteiger partial charge is 0.0781 e. The van der Waals surface area contributed by atoms with Gasteiger partial charge in [-0.15, -0.1) is 333 Å². The second-order valence-electron chi connectivity index (χ2n) is 29.4. The van der Waals surface area contributed by atoms with Gasteiger partial charge in [0.1, 0.15) is 0 Å². The summed E-state index contributed by atoms with van der Waals surface area (Å²) in [4.78, 5) is 36.1. The summed E-state index contributed by atoms with van der Waals surface area (Å²) in [7, 11) is 0. The molecular formula is C116H80Ir4N8S4-8. The van der Waals surface area contributed by atoms with E-state index in [2.05, 4.69) is 223 Å². The van der Waals surface area contributed by atoms with Gasteiger partial charge in [-0.05, 0) is 167 Å². The van der Waals surface area contributed by atoms with Crippen LogP contribution in [0.2, 0.25) is 0 Å². The van der Waals surface area contributed by atoms with Crippen molar-refractivity contribution in [3.63, 3.8) is 0 Å². The second kappa shape index (κ2) is 48.5. The minimum atomic E-state index is 0. The monoisotopic (exact) mass is 2480 g/mol. The van der Waals surface area contributed by atoms with Gasteiger partial charge in [-0.1, -0.05) is 133 Å². The van der Waals surface area contributed by atoms with E-state index in [-0.39, 0.29) is 80.4 Å². The van der Waals surface area contributed by atoms with E-state index in [9.17, 15) is 0 Å². The zero-order chi connectivity index (χ0) is 87.0. The van der Waals surface area contributed by atoms with Crippen molar-refractivity contribution < 1.29 is 80.4 Å². The molecule has 0 saturated carbocycles. The quantitative estimate of drug-likeness (QED) is 0.139. The Morgan fingerprint density at radius 3 is 0.939 bits per heavy atom. The molecule has 132 heavy (non-hydrogen) atoms. The Labute approximate surface area is 839 Å². The summed E-state index contributed by atoms with van der Waals surface area (Å²) >= 11 is 7.20. The van der Waals surface area contributed by atoms with Crippen molar-refractivity contribution in [3.05, 3.63) is 484 Å². The Bertz CT molecular complexity index is 7260. The molecular weight excluding hydrogens is 2400 g/mol. The van der Waals surface area contributed by atoms with Gasteiger partial charge < -0.3 is 34.9 Å². The fourth-order valence-corrected chi connectivity index (χ4v) is 18.8. The van der Waals surface area contributed by atoms with Crippen LogP contribution < -0.4 is 0 Å². The van der Waals surface area contributed by atoms with Crippen molar-refractivity contribution in [3.8, 4) is 90.1 Å². The van der Waals surface area contributed by atoms with Gasteiger partial charge in [0.15, 0.2) is 0 Å². The Morgan fingerprint density at radius 2 is 0.523 bits per heavy atom. The molecule has 0 aliphatic heterocycles. The number of pyridine rings is 8. The maximum absolute atomic E-state index is 4.81. The number of nitrogens with zero attached hydrogens (tertiary/aromatic N) is 8.